The van der Waals surface area contributed by atoms with Crippen molar-refractivity contribution < 1.29 is 4.79 Å². The third kappa shape index (κ3) is 5.38. The Morgan fingerprint density at radius 2 is 1.83 bits per heavy atom. The first-order chi connectivity index (χ1) is 16.7. The van der Waals surface area contributed by atoms with Gasteiger partial charge in [0.15, 0.2) is 11.2 Å². The number of benzene rings is 2. The Hall–Kier alpha value is -3.65. The quantitative estimate of drug-likeness (QED) is 0.401. The van der Waals surface area contributed by atoms with Crippen LogP contribution in [0.4, 0.5) is 5.69 Å². The molecule has 0 radical (unpaired) electrons. The number of carbonyl (C=O) groups excluding carboxylic acids is 1. The summed E-state index contributed by atoms with van der Waals surface area (Å²) >= 11 is 6.00. The van der Waals surface area contributed by atoms with Gasteiger partial charge in [-0.2, -0.15) is 0 Å². The monoisotopic (exact) mass is 493 g/mol. The molecule has 0 saturated heterocycles. The molecule has 0 unspecified atom stereocenters. The van der Waals surface area contributed by atoms with Gasteiger partial charge in [0.25, 0.3) is 5.56 Å². The number of aryl methyl sites for hydroxylation is 2. The van der Waals surface area contributed by atoms with Crippen LogP contribution in [0.5, 0.6) is 0 Å². The Morgan fingerprint density at radius 3 is 2.51 bits per heavy atom. The van der Waals surface area contributed by atoms with Gasteiger partial charge in [-0.15, -0.1) is 0 Å². The molecular weight excluding hydrogens is 466 g/mol. The maximum absolute atomic E-state index is 13.5. The first-order valence-corrected chi connectivity index (χ1v) is 11.9. The minimum Gasteiger partial charge on any atom is -0.325 e. The van der Waals surface area contributed by atoms with Gasteiger partial charge in [0, 0.05) is 17.3 Å². The van der Waals surface area contributed by atoms with Crippen LogP contribution in [-0.2, 0) is 24.4 Å². The molecule has 1 amide bonds. The molecule has 2 aromatic heterocycles. The van der Waals surface area contributed by atoms with Gasteiger partial charge < -0.3 is 9.88 Å². The summed E-state index contributed by atoms with van der Waals surface area (Å²) in [5, 5.41) is 3.33. The molecule has 0 aliphatic heterocycles. The van der Waals surface area contributed by atoms with Gasteiger partial charge in [-0.3, -0.25) is 14.2 Å². The number of nitrogens with one attached hydrogen (secondary N) is 1. The van der Waals surface area contributed by atoms with E-state index in [1.165, 1.54) is 4.57 Å². The van der Waals surface area contributed by atoms with Crippen molar-refractivity contribution in [1.29, 1.82) is 0 Å². The van der Waals surface area contributed by atoms with Crippen molar-refractivity contribution in [3.8, 4) is 0 Å². The van der Waals surface area contributed by atoms with Crippen molar-refractivity contribution in [3.63, 3.8) is 0 Å². The fourth-order valence-corrected chi connectivity index (χ4v) is 4.18. The second kappa shape index (κ2) is 10.3. The highest BCUT2D eigenvalue weighted by Crippen LogP contribution is 2.19. The van der Waals surface area contributed by atoms with Crippen molar-refractivity contribution in [2.24, 2.45) is 5.92 Å². The van der Waals surface area contributed by atoms with E-state index in [9.17, 15) is 14.4 Å². The van der Waals surface area contributed by atoms with Crippen molar-refractivity contribution in [2.45, 2.75) is 46.8 Å². The van der Waals surface area contributed by atoms with Gasteiger partial charge in [0.1, 0.15) is 6.54 Å². The number of nitrogens with zero attached hydrogens (tertiary/aromatic N) is 4. The lowest BCUT2D eigenvalue weighted by atomic mass is 10.1. The Labute approximate surface area is 207 Å². The van der Waals surface area contributed by atoms with E-state index >= 15 is 0 Å². The summed E-state index contributed by atoms with van der Waals surface area (Å²) in [6, 6.07) is 14.6. The minimum absolute atomic E-state index is 0.232. The van der Waals surface area contributed by atoms with Gasteiger partial charge in [-0.1, -0.05) is 55.8 Å². The molecule has 0 aliphatic carbocycles. The Balaban J connectivity index is 1.77. The maximum atomic E-state index is 13.5. The van der Waals surface area contributed by atoms with Crippen LogP contribution in [0.2, 0.25) is 5.02 Å². The number of rotatable bonds is 8. The molecule has 8 nitrogen and oxygen atoms in total. The molecule has 182 valence electrons. The maximum Gasteiger partial charge on any atom is 0.333 e. The van der Waals surface area contributed by atoms with Crippen LogP contribution in [0.3, 0.4) is 0 Å². The van der Waals surface area contributed by atoms with E-state index in [0.717, 1.165) is 22.1 Å². The fourth-order valence-electron chi connectivity index (χ4n) is 3.95. The molecule has 0 bridgehead atoms. The van der Waals surface area contributed by atoms with Crippen LogP contribution in [0.15, 0.2) is 64.4 Å². The lowest BCUT2D eigenvalue weighted by Gasteiger charge is -2.14. The molecule has 2 aromatic carbocycles. The Bertz CT molecular complexity index is 1480. The molecule has 9 heteroatoms. The summed E-state index contributed by atoms with van der Waals surface area (Å²) < 4.78 is 4.22. The van der Waals surface area contributed by atoms with Gasteiger partial charge in [-0.05, 0) is 48.6 Å². The van der Waals surface area contributed by atoms with E-state index in [0.29, 0.717) is 34.3 Å². The first-order valence-electron chi connectivity index (χ1n) is 11.5. The van der Waals surface area contributed by atoms with E-state index in [1.807, 2.05) is 37.3 Å². The molecule has 4 rings (SSSR count). The number of hydrogen-bond acceptors (Lipinski definition) is 4. The SMILES string of the molecule is Cc1cc(Cl)ccc1NC(=O)Cn1c(=O)c2c(ncn2CCC(C)C)n(Cc2ccccc2)c1=O. The molecule has 0 atom stereocenters. The lowest BCUT2D eigenvalue weighted by molar-refractivity contribution is -0.116. The summed E-state index contributed by atoms with van der Waals surface area (Å²) in [6.07, 6.45) is 2.44. The highest BCUT2D eigenvalue weighted by atomic mass is 35.5. The van der Waals surface area contributed by atoms with E-state index < -0.39 is 23.7 Å². The molecule has 35 heavy (non-hydrogen) atoms. The number of anilines is 1. The third-order valence-electron chi connectivity index (χ3n) is 5.88. The second-order valence-corrected chi connectivity index (χ2v) is 9.48. The number of fused-ring (bicyclic) bond motifs is 1. The van der Waals surface area contributed by atoms with Crippen LogP contribution in [-0.4, -0.2) is 24.6 Å². The van der Waals surface area contributed by atoms with Crippen molar-refractivity contribution in [3.05, 3.63) is 91.8 Å². The summed E-state index contributed by atoms with van der Waals surface area (Å²) in [6.45, 7) is 6.43. The fraction of sp³-hybridized carbons (Fsp3) is 0.308. The summed E-state index contributed by atoms with van der Waals surface area (Å²) in [5.74, 6) is -0.0493. The average molecular weight is 494 g/mol. The highest BCUT2D eigenvalue weighted by molar-refractivity contribution is 6.30. The smallest absolute Gasteiger partial charge is 0.325 e. The molecule has 4 aromatic rings. The second-order valence-electron chi connectivity index (χ2n) is 9.05. The predicted molar refractivity (Wildman–Crippen MR) is 138 cm³/mol. The Kier molecular flexibility index (Phi) is 7.21. The van der Waals surface area contributed by atoms with E-state index in [2.05, 4.69) is 24.1 Å². The number of imidazole rings is 1. The number of amides is 1. The van der Waals surface area contributed by atoms with Crippen molar-refractivity contribution in [1.82, 2.24) is 18.7 Å². The zero-order valence-corrected chi connectivity index (χ0v) is 20.7. The molecule has 0 aliphatic rings. The van der Waals surface area contributed by atoms with Gasteiger partial charge in [-0.25, -0.2) is 14.3 Å². The minimum atomic E-state index is -0.580. The zero-order chi connectivity index (χ0) is 25.1. The Morgan fingerprint density at radius 1 is 1.09 bits per heavy atom. The number of aromatic nitrogens is 4. The van der Waals surface area contributed by atoms with Gasteiger partial charge in [0.05, 0.1) is 12.9 Å². The van der Waals surface area contributed by atoms with Crippen LogP contribution in [0.25, 0.3) is 11.2 Å². The average Bonchev–Trinajstić information content (AvgIpc) is 3.25. The highest BCUT2D eigenvalue weighted by Gasteiger charge is 2.20. The van der Waals surface area contributed by atoms with Crippen molar-refractivity contribution in [2.75, 3.05) is 5.32 Å². The van der Waals surface area contributed by atoms with E-state index in [4.69, 9.17) is 11.6 Å². The predicted octanol–water partition coefficient (Wildman–Crippen LogP) is 4.05. The summed E-state index contributed by atoms with van der Waals surface area (Å²) in [7, 11) is 0. The zero-order valence-electron chi connectivity index (χ0n) is 20.0. The van der Waals surface area contributed by atoms with Gasteiger partial charge >= 0.3 is 5.69 Å². The van der Waals surface area contributed by atoms with Crippen LogP contribution < -0.4 is 16.6 Å². The molecule has 0 spiro atoms. The van der Waals surface area contributed by atoms with Crippen LogP contribution in [0.1, 0.15) is 31.4 Å². The van der Waals surface area contributed by atoms with Crippen LogP contribution in [0, 0.1) is 12.8 Å². The lowest BCUT2D eigenvalue weighted by Crippen LogP contribution is -2.43. The largest absolute Gasteiger partial charge is 0.333 e. The molecule has 0 saturated carbocycles. The molecule has 2 heterocycles. The van der Waals surface area contributed by atoms with E-state index in [-0.39, 0.29) is 6.54 Å². The molecule has 0 fully saturated rings. The van der Waals surface area contributed by atoms with Crippen molar-refractivity contribution >= 4 is 34.4 Å². The number of halogens is 1. The first kappa shape index (κ1) is 24.5. The third-order valence-corrected chi connectivity index (χ3v) is 6.11. The summed E-state index contributed by atoms with van der Waals surface area (Å²) in [5.41, 5.74) is 1.76. The topological polar surface area (TPSA) is 90.9 Å². The summed E-state index contributed by atoms with van der Waals surface area (Å²) in [4.78, 5) is 44.2. The normalized spacial score (nSPS) is 11.3. The van der Waals surface area contributed by atoms with E-state index in [1.54, 1.807) is 29.1 Å². The number of hydrogen-bond donors (Lipinski definition) is 1. The molecule has 1 N–H and O–H groups in total. The molecular formula is C26H28ClN5O3. The number of carbonyl (C=O) groups is 1. The van der Waals surface area contributed by atoms with Gasteiger partial charge in [0.2, 0.25) is 5.91 Å². The van der Waals surface area contributed by atoms with Crippen LogP contribution >= 0.6 is 11.6 Å². The standard InChI is InChI=1S/C26H28ClN5O3/c1-17(2)11-12-30-16-28-24-23(30)25(34)32(26(35)31(24)14-19-7-5-4-6-8-19)15-22(33)29-21-10-9-20(27)13-18(21)3/h4-10,13,16-17H,11-12,14-15H2,1-3H3,(H,29,33).